The summed E-state index contributed by atoms with van der Waals surface area (Å²) in [6.45, 7) is 13.1. The van der Waals surface area contributed by atoms with Gasteiger partial charge in [0.15, 0.2) is 6.61 Å². The molecule has 0 aliphatic rings. The fourth-order valence-corrected chi connectivity index (χ4v) is 2.85. The molecule has 24 heavy (non-hydrogen) atoms. The van der Waals surface area contributed by atoms with Gasteiger partial charge < -0.3 is 4.74 Å². The molecule has 4 heteroatoms. The van der Waals surface area contributed by atoms with Gasteiger partial charge in [-0.3, -0.25) is 4.79 Å². The van der Waals surface area contributed by atoms with Crippen molar-refractivity contribution in [2.45, 2.75) is 53.4 Å². The van der Waals surface area contributed by atoms with Crippen LogP contribution in [0.1, 0.15) is 53.5 Å². The highest BCUT2D eigenvalue weighted by Gasteiger charge is 2.27. The van der Waals surface area contributed by atoms with Gasteiger partial charge >= 0.3 is 0 Å². The van der Waals surface area contributed by atoms with Gasteiger partial charge in [0, 0.05) is 6.21 Å². The van der Waals surface area contributed by atoms with Crippen molar-refractivity contribution in [3.05, 3.63) is 42.0 Å². The van der Waals surface area contributed by atoms with Crippen molar-refractivity contribution in [2.75, 3.05) is 6.61 Å². The van der Waals surface area contributed by atoms with Crippen molar-refractivity contribution in [3.63, 3.8) is 0 Å². The van der Waals surface area contributed by atoms with Crippen molar-refractivity contribution in [3.8, 4) is 5.75 Å². The van der Waals surface area contributed by atoms with Crippen molar-refractivity contribution in [2.24, 2.45) is 10.5 Å². The van der Waals surface area contributed by atoms with Crippen LogP contribution in [-0.4, -0.2) is 18.7 Å². The molecular weight excluding hydrogens is 300 g/mol. The standard InChI is InChI=1S/C20H30N2O2/c1-7-8-13-21-22-18(23)14-24-17-11-9-16(10-12-17)20(5,6)15-19(2,3)4/h7-13H,14-15H2,1-6H3,(H,22,23)/b8-7+,21-13+. The Hall–Kier alpha value is -2.10. The van der Waals surface area contributed by atoms with Crippen LogP contribution >= 0.6 is 0 Å². The van der Waals surface area contributed by atoms with E-state index in [0.717, 1.165) is 6.42 Å². The molecule has 1 aromatic rings. The monoisotopic (exact) mass is 330 g/mol. The van der Waals surface area contributed by atoms with Gasteiger partial charge in [-0.2, -0.15) is 5.10 Å². The Balaban J connectivity index is 2.57. The van der Waals surface area contributed by atoms with Crippen LogP contribution in [0.15, 0.2) is 41.5 Å². The molecule has 1 rings (SSSR count). The summed E-state index contributed by atoms with van der Waals surface area (Å²) < 4.78 is 5.49. The van der Waals surface area contributed by atoms with Gasteiger partial charge in [-0.05, 0) is 47.9 Å². The second kappa shape index (κ2) is 8.67. The first kappa shape index (κ1) is 19.9. The lowest BCUT2D eigenvalue weighted by Crippen LogP contribution is -2.25. The van der Waals surface area contributed by atoms with Gasteiger partial charge in [0.2, 0.25) is 0 Å². The summed E-state index contributed by atoms with van der Waals surface area (Å²) in [6, 6.07) is 7.97. The van der Waals surface area contributed by atoms with E-state index < -0.39 is 0 Å². The predicted octanol–water partition coefficient (Wildman–Crippen LogP) is 4.46. The van der Waals surface area contributed by atoms with Crippen LogP contribution < -0.4 is 10.2 Å². The summed E-state index contributed by atoms with van der Waals surface area (Å²) in [5.41, 5.74) is 4.03. The maximum absolute atomic E-state index is 11.6. The third-order valence-electron chi connectivity index (χ3n) is 3.52. The van der Waals surface area contributed by atoms with Gasteiger partial charge in [-0.15, -0.1) is 0 Å². The summed E-state index contributed by atoms with van der Waals surface area (Å²) in [4.78, 5) is 11.6. The zero-order valence-corrected chi connectivity index (χ0v) is 15.7. The number of hydrogen-bond donors (Lipinski definition) is 1. The molecule has 0 heterocycles. The van der Waals surface area contributed by atoms with E-state index in [2.05, 4.69) is 57.3 Å². The lowest BCUT2D eigenvalue weighted by atomic mass is 9.72. The highest BCUT2D eigenvalue weighted by molar-refractivity contribution is 5.79. The Morgan fingerprint density at radius 1 is 1.17 bits per heavy atom. The summed E-state index contributed by atoms with van der Waals surface area (Å²) >= 11 is 0. The van der Waals surface area contributed by atoms with E-state index in [0.29, 0.717) is 5.75 Å². The van der Waals surface area contributed by atoms with E-state index in [1.54, 1.807) is 6.08 Å². The normalized spacial score (nSPS) is 12.8. The molecule has 0 saturated heterocycles. The number of nitrogens with one attached hydrogen (secondary N) is 1. The molecule has 0 atom stereocenters. The van der Waals surface area contributed by atoms with Crippen molar-refractivity contribution in [1.82, 2.24) is 5.43 Å². The fraction of sp³-hybridized carbons (Fsp3) is 0.500. The number of hydrazone groups is 1. The summed E-state index contributed by atoms with van der Waals surface area (Å²) in [6.07, 6.45) is 6.17. The molecule has 0 unspecified atom stereocenters. The minimum atomic E-state index is -0.284. The quantitative estimate of drug-likeness (QED) is 0.593. The molecule has 0 spiro atoms. The molecule has 132 valence electrons. The SMILES string of the molecule is C/C=C/C=N/NC(=O)COc1ccc(C(C)(C)CC(C)(C)C)cc1. The molecule has 1 amide bonds. The number of amides is 1. The van der Waals surface area contributed by atoms with Gasteiger partial charge in [-0.25, -0.2) is 5.43 Å². The molecule has 1 aromatic carbocycles. The molecule has 0 radical (unpaired) electrons. The fourth-order valence-electron chi connectivity index (χ4n) is 2.85. The van der Waals surface area contributed by atoms with Crippen LogP contribution in [0.4, 0.5) is 0 Å². The zero-order chi connectivity index (χ0) is 18.2. The van der Waals surface area contributed by atoms with Crippen LogP contribution in [0.2, 0.25) is 0 Å². The summed E-state index contributed by atoms with van der Waals surface area (Å²) in [5, 5.41) is 3.76. The Bertz CT molecular complexity index is 579. The van der Waals surface area contributed by atoms with E-state index in [-0.39, 0.29) is 23.3 Å². The molecule has 0 saturated carbocycles. The lowest BCUT2D eigenvalue weighted by molar-refractivity contribution is -0.123. The number of rotatable bonds is 7. The smallest absolute Gasteiger partial charge is 0.277 e. The second-order valence-electron chi connectivity index (χ2n) is 7.77. The largest absolute Gasteiger partial charge is 0.484 e. The highest BCUT2D eigenvalue weighted by atomic mass is 16.5. The molecular formula is C20H30N2O2. The lowest BCUT2D eigenvalue weighted by Gasteiger charge is -2.33. The summed E-state index contributed by atoms with van der Waals surface area (Å²) in [5.74, 6) is 0.394. The summed E-state index contributed by atoms with van der Waals surface area (Å²) in [7, 11) is 0. The minimum absolute atomic E-state index is 0.0576. The van der Waals surface area contributed by atoms with Crippen molar-refractivity contribution < 1.29 is 9.53 Å². The topological polar surface area (TPSA) is 50.7 Å². The number of allylic oxidation sites excluding steroid dienone is 2. The van der Waals surface area contributed by atoms with E-state index >= 15 is 0 Å². The van der Waals surface area contributed by atoms with Crippen LogP contribution in [0.3, 0.4) is 0 Å². The first-order valence-corrected chi connectivity index (χ1v) is 8.30. The molecule has 1 N–H and O–H groups in total. The minimum Gasteiger partial charge on any atom is -0.484 e. The number of nitrogens with zero attached hydrogens (tertiary/aromatic N) is 1. The molecule has 0 fully saturated rings. The second-order valence-corrected chi connectivity index (χ2v) is 7.77. The van der Waals surface area contributed by atoms with Gasteiger partial charge in [0.1, 0.15) is 5.75 Å². The Morgan fingerprint density at radius 3 is 2.33 bits per heavy atom. The average molecular weight is 330 g/mol. The van der Waals surface area contributed by atoms with Gasteiger partial charge in [0.05, 0.1) is 0 Å². The van der Waals surface area contributed by atoms with E-state index in [1.165, 1.54) is 11.8 Å². The predicted molar refractivity (Wildman–Crippen MR) is 100 cm³/mol. The number of benzene rings is 1. The molecule has 0 aromatic heterocycles. The molecule has 0 bridgehead atoms. The Morgan fingerprint density at radius 2 is 1.79 bits per heavy atom. The van der Waals surface area contributed by atoms with Crippen molar-refractivity contribution in [1.29, 1.82) is 0 Å². The maximum Gasteiger partial charge on any atom is 0.277 e. The molecule has 0 aliphatic heterocycles. The van der Waals surface area contributed by atoms with Gasteiger partial charge in [-0.1, -0.05) is 52.8 Å². The third kappa shape index (κ3) is 7.44. The third-order valence-corrected chi connectivity index (χ3v) is 3.52. The number of ether oxygens (including phenoxy) is 1. The van der Waals surface area contributed by atoms with E-state index in [1.807, 2.05) is 25.1 Å². The van der Waals surface area contributed by atoms with Crippen LogP contribution in [0.5, 0.6) is 5.75 Å². The first-order valence-electron chi connectivity index (χ1n) is 8.30. The van der Waals surface area contributed by atoms with Crippen LogP contribution in [-0.2, 0) is 10.2 Å². The Labute approximate surface area is 146 Å². The number of carbonyl (C=O) groups is 1. The maximum atomic E-state index is 11.6. The van der Waals surface area contributed by atoms with E-state index in [4.69, 9.17) is 4.74 Å². The van der Waals surface area contributed by atoms with E-state index in [9.17, 15) is 4.79 Å². The number of hydrogen-bond acceptors (Lipinski definition) is 3. The van der Waals surface area contributed by atoms with Crippen LogP contribution in [0, 0.1) is 5.41 Å². The highest BCUT2D eigenvalue weighted by Crippen LogP contribution is 2.36. The van der Waals surface area contributed by atoms with Crippen LogP contribution in [0.25, 0.3) is 0 Å². The van der Waals surface area contributed by atoms with Gasteiger partial charge in [0.25, 0.3) is 5.91 Å². The number of carbonyl (C=O) groups excluding carboxylic acids is 1. The Kier molecular flexibility index (Phi) is 7.20. The molecule has 0 aliphatic carbocycles. The zero-order valence-electron chi connectivity index (χ0n) is 15.7. The molecule has 4 nitrogen and oxygen atoms in total. The van der Waals surface area contributed by atoms with Crippen molar-refractivity contribution >= 4 is 12.1 Å². The average Bonchev–Trinajstić information content (AvgIpc) is 2.47. The first-order chi connectivity index (χ1) is 11.1.